The smallest absolute Gasteiger partial charge is 0.213 e. The van der Waals surface area contributed by atoms with Crippen LogP contribution in [0.2, 0.25) is 0 Å². The molecular weight excluding hydrogens is 168 g/mol. The van der Waals surface area contributed by atoms with Crippen LogP contribution in [0.3, 0.4) is 0 Å². The monoisotopic (exact) mass is 182 g/mol. The molecular formula is C9H14N2O2. The molecule has 0 aliphatic heterocycles. The first kappa shape index (κ1) is 9.95. The Balaban J connectivity index is 3.01. The van der Waals surface area contributed by atoms with E-state index < -0.39 is 0 Å². The number of aliphatic hydroxyl groups excluding tert-OH is 1. The number of methoxy groups -OCH3 is 1. The normalized spacial score (nSPS) is 12.6. The number of nitrogens with zero attached hydrogens (tertiary/aromatic N) is 1. The molecule has 72 valence electrons. The molecule has 4 nitrogen and oxygen atoms in total. The Morgan fingerprint density at radius 3 is 2.85 bits per heavy atom. The maximum absolute atomic E-state index is 8.86. The van der Waals surface area contributed by atoms with Gasteiger partial charge in [-0.05, 0) is 18.6 Å². The van der Waals surface area contributed by atoms with Crippen LogP contribution in [0, 0.1) is 6.92 Å². The van der Waals surface area contributed by atoms with Crippen molar-refractivity contribution < 1.29 is 9.84 Å². The first-order chi connectivity index (χ1) is 6.17. The van der Waals surface area contributed by atoms with Gasteiger partial charge in [0.25, 0.3) is 0 Å². The van der Waals surface area contributed by atoms with E-state index in [1.165, 1.54) is 0 Å². The molecule has 0 aromatic carbocycles. The highest BCUT2D eigenvalue weighted by Gasteiger charge is 2.07. The van der Waals surface area contributed by atoms with E-state index in [2.05, 4.69) is 4.98 Å². The lowest BCUT2D eigenvalue weighted by molar-refractivity contribution is 0.267. The predicted molar refractivity (Wildman–Crippen MR) is 49.5 cm³/mol. The van der Waals surface area contributed by atoms with Gasteiger partial charge in [0.1, 0.15) is 0 Å². The summed E-state index contributed by atoms with van der Waals surface area (Å²) >= 11 is 0. The van der Waals surface area contributed by atoms with Gasteiger partial charge < -0.3 is 15.6 Å². The molecule has 3 N–H and O–H groups in total. The summed E-state index contributed by atoms with van der Waals surface area (Å²) < 4.78 is 4.98. The third-order valence-corrected chi connectivity index (χ3v) is 1.79. The zero-order valence-corrected chi connectivity index (χ0v) is 7.82. The van der Waals surface area contributed by atoms with Crippen molar-refractivity contribution >= 4 is 0 Å². The van der Waals surface area contributed by atoms with Crippen LogP contribution < -0.4 is 10.5 Å². The number of pyridine rings is 1. The van der Waals surface area contributed by atoms with Crippen LogP contribution in [0.15, 0.2) is 12.1 Å². The molecule has 4 heteroatoms. The molecule has 0 fully saturated rings. The lowest BCUT2D eigenvalue weighted by Crippen LogP contribution is -2.15. The Kier molecular flexibility index (Phi) is 3.22. The molecule has 1 atom stereocenters. The highest BCUT2D eigenvalue weighted by Crippen LogP contribution is 2.16. The van der Waals surface area contributed by atoms with Gasteiger partial charge in [-0.3, -0.25) is 0 Å². The topological polar surface area (TPSA) is 68.4 Å². The largest absolute Gasteiger partial charge is 0.481 e. The van der Waals surface area contributed by atoms with E-state index in [1.807, 2.05) is 13.0 Å². The number of ether oxygens (including phenoxy) is 1. The summed E-state index contributed by atoms with van der Waals surface area (Å²) in [6, 6.07) is 3.20. The molecule has 13 heavy (non-hydrogen) atoms. The second-order valence-corrected chi connectivity index (χ2v) is 2.87. The van der Waals surface area contributed by atoms with Crippen molar-refractivity contribution in [3.63, 3.8) is 0 Å². The lowest BCUT2D eigenvalue weighted by atomic mass is 10.1. The Hall–Kier alpha value is -1.13. The highest BCUT2D eigenvalue weighted by atomic mass is 16.5. The Labute approximate surface area is 77.4 Å². The maximum Gasteiger partial charge on any atom is 0.213 e. The summed E-state index contributed by atoms with van der Waals surface area (Å²) in [5, 5.41) is 8.86. The zero-order valence-electron chi connectivity index (χ0n) is 7.82. The summed E-state index contributed by atoms with van der Waals surface area (Å²) in [7, 11) is 1.55. The number of nitrogens with two attached hydrogens (primary N) is 1. The van der Waals surface area contributed by atoms with Gasteiger partial charge in [0.05, 0.1) is 19.8 Å². The van der Waals surface area contributed by atoms with Crippen molar-refractivity contribution in [1.29, 1.82) is 0 Å². The minimum atomic E-state index is -0.365. The molecule has 1 heterocycles. The van der Waals surface area contributed by atoms with Gasteiger partial charge in [-0.15, -0.1) is 0 Å². The van der Waals surface area contributed by atoms with Crippen LogP contribution in [0.4, 0.5) is 0 Å². The molecule has 0 saturated heterocycles. The van der Waals surface area contributed by atoms with Gasteiger partial charge in [0.2, 0.25) is 5.88 Å². The van der Waals surface area contributed by atoms with Gasteiger partial charge in [-0.2, -0.15) is 0 Å². The number of hydrogen-bond donors (Lipinski definition) is 2. The van der Waals surface area contributed by atoms with E-state index >= 15 is 0 Å². The van der Waals surface area contributed by atoms with E-state index in [9.17, 15) is 0 Å². The Bertz CT molecular complexity index is 289. The van der Waals surface area contributed by atoms with Crippen molar-refractivity contribution in [2.75, 3.05) is 13.7 Å². The van der Waals surface area contributed by atoms with Gasteiger partial charge in [-0.25, -0.2) is 4.98 Å². The van der Waals surface area contributed by atoms with Crippen LogP contribution in [0.25, 0.3) is 0 Å². The summed E-state index contributed by atoms with van der Waals surface area (Å²) in [5.74, 6) is 0.527. The average molecular weight is 182 g/mol. The Morgan fingerprint density at radius 2 is 2.31 bits per heavy atom. The van der Waals surface area contributed by atoms with Crippen molar-refractivity contribution in [3.05, 3.63) is 23.4 Å². The fraction of sp³-hybridized carbons (Fsp3) is 0.444. The van der Waals surface area contributed by atoms with E-state index in [1.54, 1.807) is 13.2 Å². The van der Waals surface area contributed by atoms with Crippen LogP contribution in [-0.4, -0.2) is 23.8 Å². The number of aromatic nitrogens is 1. The van der Waals surface area contributed by atoms with Gasteiger partial charge >= 0.3 is 0 Å². The third-order valence-electron chi connectivity index (χ3n) is 1.79. The first-order valence-electron chi connectivity index (χ1n) is 4.06. The van der Waals surface area contributed by atoms with Crippen LogP contribution >= 0.6 is 0 Å². The minimum absolute atomic E-state index is 0.0768. The van der Waals surface area contributed by atoms with Crippen molar-refractivity contribution in [1.82, 2.24) is 4.98 Å². The van der Waals surface area contributed by atoms with E-state index in [0.717, 1.165) is 11.3 Å². The minimum Gasteiger partial charge on any atom is -0.481 e. The number of aliphatic hydroxyl groups is 1. The van der Waals surface area contributed by atoms with E-state index in [4.69, 9.17) is 15.6 Å². The summed E-state index contributed by atoms with van der Waals surface area (Å²) in [6.45, 7) is 1.78. The standard InChI is InChI=1S/C9H14N2O2/c1-6-3-7(8(10)5-12)4-9(11-6)13-2/h3-4,8,12H,5,10H2,1-2H3/t8-/m1/s1. The fourth-order valence-corrected chi connectivity index (χ4v) is 1.09. The highest BCUT2D eigenvalue weighted by molar-refractivity contribution is 5.27. The molecule has 0 saturated carbocycles. The quantitative estimate of drug-likeness (QED) is 0.709. The lowest BCUT2D eigenvalue weighted by Gasteiger charge is -2.10. The molecule has 1 aromatic heterocycles. The first-order valence-corrected chi connectivity index (χ1v) is 4.06. The predicted octanol–water partition coefficient (Wildman–Crippen LogP) is 0.391. The van der Waals surface area contributed by atoms with Crippen molar-refractivity contribution in [3.8, 4) is 5.88 Å². The SMILES string of the molecule is COc1cc([C@H](N)CO)cc(C)n1. The molecule has 1 aromatic rings. The summed E-state index contributed by atoms with van der Waals surface area (Å²) in [5.41, 5.74) is 7.32. The molecule has 1 rings (SSSR count). The average Bonchev–Trinajstić information content (AvgIpc) is 2.15. The van der Waals surface area contributed by atoms with Gasteiger partial charge in [0.15, 0.2) is 0 Å². The molecule has 0 spiro atoms. The van der Waals surface area contributed by atoms with Crippen molar-refractivity contribution in [2.45, 2.75) is 13.0 Å². The molecule has 0 bridgehead atoms. The van der Waals surface area contributed by atoms with Crippen molar-refractivity contribution in [2.24, 2.45) is 5.73 Å². The van der Waals surface area contributed by atoms with Crippen LogP contribution in [-0.2, 0) is 0 Å². The number of hydrogen-bond acceptors (Lipinski definition) is 4. The van der Waals surface area contributed by atoms with Gasteiger partial charge in [0, 0.05) is 11.8 Å². The second-order valence-electron chi connectivity index (χ2n) is 2.87. The molecule has 0 radical (unpaired) electrons. The maximum atomic E-state index is 8.86. The second kappa shape index (κ2) is 4.20. The Morgan fingerprint density at radius 1 is 1.62 bits per heavy atom. The van der Waals surface area contributed by atoms with Gasteiger partial charge in [-0.1, -0.05) is 0 Å². The molecule has 0 aliphatic carbocycles. The van der Waals surface area contributed by atoms with E-state index in [0.29, 0.717) is 5.88 Å². The van der Waals surface area contributed by atoms with E-state index in [-0.39, 0.29) is 12.6 Å². The fourth-order valence-electron chi connectivity index (χ4n) is 1.09. The molecule has 0 amide bonds. The molecule has 0 unspecified atom stereocenters. The molecule has 0 aliphatic rings. The van der Waals surface area contributed by atoms with Crippen LogP contribution in [0.1, 0.15) is 17.3 Å². The number of aryl methyl sites for hydroxylation is 1. The van der Waals surface area contributed by atoms with Crippen LogP contribution in [0.5, 0.6) is 5.88 Å². The summed E-state index contributed by atoms with van der Waals surface area (Å²) in [4.78, 5) is 4.11. The summed E-state index contributed by atoms with van der Waals surface area (Å²) in [6.07, 6.45) is 0. The third kappa shape index (κ3) is 2.40. The number of rotatable bonds is 3. The zero-order chi connectivity index (χ0) is 9.84.